The van der Waals surface area contributed by atoms with E-state index < -0.39 is 6.10 Å². The number of fused-ring (bicyclic) bond motifs is 2. The van der Waals surface area contributed by atoms with Gasteiger partial charge in [0.05, 0.1) is 40.8 Å². The van der Waals surface area contributed by atoms with Gasteiger partial charge in [0.25, 0.3) is 0 Å². The number of halogens is 2. The molecule has 0 bridgehead atoms. The number of methoxy groups -OCH3 is 1. The van der Waals surface area contributed by atoms with Gasteiger partial charge in [-0.3, -0.25) is 14.6 Å². The van der Waals surface area contributed by atoms with Crippen LogP contribution >= 0.6 is 36.6 Å². The van der Waals surface area contributed by atoms with Gasteiger partial charge in [-0.25, -0.2) is 9.97 Å². The Bertz CT molecular complexity index is 1280. The molecule has 198 valence electrons. The number of nitrogens with one attached hydrogen (secondary N) is 3. The monoisotopic (exact) mass is 566 g/mol. The van der Waals surface area contributed by atoms with E-state index in [-0.39, 0.29) is 48.6 Å². The van der Waals surface area contributed by atoms with E-state index in [4.69, 9.17) is 4.74 Å². The lowest BCUT2D eigenvalue weighted by Crippen LogP contribution is -2.46. The summed E-state index contributed by atoms with van der Waals surface area (Å²) >= 11 is 1.47. The third-order valence-corrected chi connectivity index (χ3v) is 7.34. The van der Waals surface area contributed by atoms with Gasteiger partial charge in [-0.1, -0.05) is 0 Å². The molecule has 0 spiro atoms. The average Bonchev–Trinajstić information content (AvgIpc) is 2.87. The Balaban J connectivity index is 0.00000190. The van der Waals surface area contributed by atoms with Crippen molar-refractivity contribution in [3.8, 4) is 5.88 Å². The van der Waals surface area contributed by atoms with Crippen molar-refractivity contribution in [1.82, 2.24) is 20.3 Å². The van der Waals surface area contributed by atoms with Crippen LogP contribution in [0.5, 0.6) is 5.88 Å². The van der Waals surface area contributed by atoms with Gasteiger partial charge in [-0.05, 0) is 43.5 Å². The molecule has 0 saturated heterocycles. The third kappa shape index (κ3) is 6.60. The molecule has 0 unspecified atom stereocenters. The molecule has 5 rings (SSSR count). The van der Waals surface area contributed by atoms with Crippen LogP contribution in [0.15, 0.2) is 41.4 Å². The quantitative estimate of drug-likeness (QED) is 0.354. The van der Waals surface area contributed by atoms with Gasteiger partial charge < -0.3 is 25.8 Å². The summed E-state index contributed by atoms with van der Waals surface area (Å²) in [5.74, 6) is 0.911. The second kappa shape index (κ2) is 12.7. The van der Waals surface area contributed by atoms with Crippen molar-refractivity contribution in [3.63, 3.8) is 0 Å². The van der Waals surface area contributed by atoms with Crippen molar-refractivity contribution >= 4 is 70.9 Å². The first-order valence-corrected chi connectivity index (χ1v) is 12.4. The summed E-state index contributed by atoms with van der Waals surface area (Å²) in [7, 11) is 1.54. The molecule has 2 amide bonds. The van der Waals surface area contributed by atoms with E-state index in [2.05, 4.69) is 30.9 Å². The number of carbonyl (C=O) groups is 2. The number of rotatable bonds is 6. The van der Waals surface area contributed by atoms with Gasteiger partial charge in [0.1, 0.15) is 11.3 Å². The molecule has 1 fully saturated rings. The molecule has 3 atom stereocenters. The number of aliphatic hydroxyl groups is 1. The van der Waals surface area contributed by atoms with Crippen LogP contribution in [0, 0.1) is 5.92 Å². The predicted molar refractivity (Wildman–Crippen MR) is 147 cm³/mol. The summed E-state index contributed by atoms with van der Waals surface area (Å²) in [6.45, 7) is 0.461. The van der Waals surface area contributed by atoms with Crippen LogP contribution in [-0.2, 0) is 16.1 Å². The van der Waals surface area contributed by atoms with E-state index in [0.29, 0.717) is 60.0 Å². The van der Waals surface area contributed by atoms with Crippen LogP contribution in [-0.4, -0.2) is 56.9 Å². The van der Waals surface area contributed by atoms with Gasteiger partial charge in [-0.2, -0.15) is 0 Å². The van der Waals surface area contributed by atoms with Crippen molar-refractivity contribution in [2.45, 2.75) is 42.8 Å². The van der Waals surface area contributed by atoms with E-state index >= 15 is 0 Å². The number of thioether (sulfide) groups is 1. The Hall–Kier alpha value is -2.70. The molecule has 1 aliphatic carbocycles. The van der Waals surface area contributed by atoms with Crippen LogP contribution in [0.3, 0.4) is 0 Å². The van der Waals surface area contributed by atoms with Gasteiger partial charge in [0, 0.05) is 30.8 Å². The summed E-state index contributed by atoms with van der Waals surface area (Å²) in [6.07, 6.45) is 2.61. The number of nitrogens with zero attached hydrogens (tertiary/aromatic N) is 3. The van der Waals surface area contributed by atoms with Crippen molar-refractivity contribution < 1.29 is 19.4 Å². The predicted octanol–water partition coefficient (Wildman–Crippen LogP) is 3.18. The van der Waals surface area contributed by atoms with Gasteiger partial charge in [-0.15, -0.1) is 36.6 Å². The van der Waals surface area contributed by atoms with E-state index in [0.717, 1.165) is 10.6 Å². The largest absolute Gasteiger partial charge is 0.481 e. The highest BCUT2D eigenvalue weighted by Crippen LogP contribution is 2.31. The minimum absolute atomic E-state index is 0. The van der Waals surface area contributed by atoms with Crippen LogP contribution in [0.4, 0.5) is 11.5 Å². The van der Waals surface area contributed by atoms with Gasteiger partial charge >= 0.3 is 0 Å². The molecule has 3 aromatic heterocycles. The zero-order chi connectivity index (χ0) is 24.4. The lowest BCUT2D eigenvalue weighted by molar-refractivity contribution is -0.122. The third-order valence-electron chi connectivity index (χ3n) is 6.29. The van der Waals surface area contributed by atoms with Crippen molar-refractivity contribution in [1.29, 1.82) is 0 Å². The van der Waals surface area contributed by atoms with E-state index in [1.54, 1.807) is 24.4 Å². The Morgan fingerprint density at radius 2 is 2.03 bits per heavy atom. The molecule has 13 heteroatoms. The second-order valence-electron chi connectivity index (χ2n) is 8.62. The fourth-order valence-corrected chi connectivity index (χ4v) is 5.17. The number of aromatic nitrogens is 3. The highest BCUT2D eigenvalue weighted by Gasteiger charge is 2.33. The molecule has 37 heavy (non-hydrogen) atoms. The number of carbonyl (C=O) groups excluding carboxylic acids is 2. The summed E-state index contributed by atoms with van der Waals surface area (Å²) in [5, 5.41) is 19.8. The number of hydrogen-bond donors (Lipinski definition) is 4. The maximum atomic E-state index is 13.0. The van der Waals surface area contributed by atoms with Crippen molar-refractivity contribution in [3.05, 3.63) is 42.2 Å². The number of anilines is 2. The fourth-order valence-electron chi connectivity index (χ4n) is 4.42. The van der Waals surface area contributed by atoms with Crippen LogP contribution in [0.1, 0.15) is 25.0 Å². The Kier molecular flexibility index (Phi) is 9.91. The molecule has 2 aliphatic rings. The molecule has 4 N–H and O–H groups in total. The number of aliphatic hydroxyl groups excluding tert-OH is 1. The number of hydrogen-bond acceptors (Lipinski definition) is 9. The Labute approximate surface area is 230 Å². The average molecular weight is 567 g/mol. The molecule has 1 saturated carbocycles. The Morgan fingerprint density at radius 3 is 2.81 bits per heavy atom. The minimum Gasteiger partial charge on any atom is -0.481 e. The summed E-state index contributed by atoms with van der Waals surface area (Å²) in [6, 6.07) is 8.96. The zero-order valence-corrected chi connectivity index (χ0v) is 22.4. The molecule has 10 nitrogen and oxygen atoms in total. The van der Waals surface area contributed by atoms with E-state index in [9.17, 15) is 14.7 Å². The van der Waals surface area contributed by atoms with Gasteiger partial charge in [0.15, 0.2) is 0 Å². The smallest absolute Gasteiger partial charge is 0.235 e. The lowest BCUT2D eigenvalue weighted by Gasteiger charge is -2.33. The van der Waals surface area contributed by atoms with E-state index in [1.165, 1.54) is 18.9 Å². The number of ether oxygens (including phenoxy) is 1. The van der Waals surface area contributed by atoms with Crippen molar-refractivity contribution in [2.24, 2.45) is 5.92 Å². The fraction of sp³-hybridized carbons (Fsp3) is 0.375. The Morgan fingerprint density at radius 1 is 1.19 bits per heavy atom. The molecular formula is C24H28Cl2N6O4S. The molecule has 1 aliphatic heterocycles. The minimum atomic E-state index is -0.667. The van der Waals surface area contributed by atoms with Crippen molar-refractivity contribution in [2.75, 3.05) is 23.5 Å². The van der Waals surface area contributed by atoms with Crippen LogP contribution < -0.4 is 20.7 Å². The molecule has 0 radical (unpaired) electrons. The zero-order valence-electron chi connectivity index (χ0n) is 20.0. The molecule has 4 heterocycles. The van der Waals surface area contributed by atoms with Gasteiger partial charge in [0.2, 0.25) is 17.7 Å². The number of pyridine rings is 3. The summed E-state index contributed by atoms with van der Waals surface area (Å²) < 4.78 is 5.20. The van der Waals surface area contributed by atoms with Crippen LogP contribution in [0.2, 0.25) is 0 Å². The normalized spacial score (nSPS) is 20.6. The molecular weight excluding hydrogens is 539 g/mol. The highest BCUT2D eigenvalue weighted by molar-refractivity contribution is 8.00. The first-order valence-electron chi connectivity index (χ1n) is 11.4. The van der Waals surface area contributed by atoms with E-state index in [1.807, 2.05) is 12.1 Å². The first-order chi connectivity index (χ1) is 17.0. The maximum Gasteiger partial charge on any atom is 0.235 e. The van der Waals surface area contributed by atoms with Crippen LogP contribution in [0.25, 0.3) is 11.0 Å². The summed E-state index contributed by atoms with van der Waals surface area (Å²) in [4.78, 5) is 38.8. The summed E-state index contributed by atoms with van der Waals surface area (Å²) in [5.41, 5.74) is 2.57. The highest BCUT2D eigenvalue weighted by atomic mass is 35.5. The molecule has 0 aromatic carbocycles. The topological polar surface area (TPSA) is 138 Å². The standard InChI is InChI=1S/C24H26N6O4S.2ClH/c1-34-21-7-5-16-22(30-21)17(8-9-25-16)28-24(33)13-2-4-15(18(31)10-13)26-11-14-3-6-19-23(27-14)29-20(32)12-35-19;;/h3,5-9,13,15,18,26,31H,2,4,10-12H2,1H3,(H,25,28,33)(H,27,29,32);2*1H/t13-,15-,18-;;/m0../s1. The first kappa shape index (κ1) is 28.9. The maximum absolute atomic E-state index is 13.0. The lowest BCUT2D eigenvalue weighted by atomic mass is 9.83. The second-order valence-corrected chi connectivity index (χ2v) is 9.64. The molecule has 3 aromatic rings. The SMILES string of the molecule is COc1ccc2nccc(NC(=O)[C@H]3CC[C@H](NCc4ccc5c(n4)NC(=O)CS5)[C@@H](O)C3)c2n1.Cl.Cl. The number of amides is 2.